The smallest absolute Gasteiger partial charge is 0.340 e. The molecule has 150 valence electrons. The van der Waals surface area contributed by atoms with E-state index in [4.69, 9.17) is 9.47 Å². The third-order valence-electron chi connectivity index (χ3n) is 4.29. The van der Waals surface area contributed by atoms with Crippen LogP contribution in [-0.4, -0.2) is 41.5 Å². The summed E-state index contributed by atoms with van der Waals surface area (Å²) in [5.74, 6) is -1.58. The summed E-state index contributed by atoms with van der Waals surface area (Å²) < 4.78 is 10.3. The molecule has 1 aliphatic heterocycles. The molecule has 1 heterocycles. The van der Waals surface area contributed by atoms with Gasteiger partial charge in [0.05, 0.1) is 24.8 Å². The fourth-order valence-electron chi connectivity index (χ4n) is 2.99. The Labute approximate surface area is 170 Å². The Morgan fingerprint density at radius 3 is 2.45 bits per heavy atom. The fraction of sp³-hybridized carbons (Fsp3) is 0.150. The quantitative estimate of drug-likeness (QED) is 0.712. The van der Waals surface area contributed by atoms with E-state index in [1.807, 2.05) is 0 Å². The number of carboxylic acid groups (broad SMARTS) is 1. The van der Waals surface area contributed by atoms with Crippen molar-refractivity contribution < 1.29 is 34.1 Å². The molecule has 0 spiro atoms. The van der Waals surface area contributed by atoms with E-state index in [9.17, 15) is 24.6 Å². The van der Waals surface area contributed by atoms with Crippen LogP contribution in [0.25, 0.3) is 6.08 Å². The Kier molecular flexibility index (Phi) is 5.51. The summed E-state index contributed by atoms with van der Waals surface area (Å²) in [5, 5.41) is 18.7. The number of aromatic carboxylic acids is 1. The summed E-state index contributed by atoms with van der Waals surface area (Å²) in [6.07, 6.45) is 1.34. The number of carboxylic acids is 1. The summed E-state index contributed by atoms with van der Waals surface area (Å²) in [5.41, 5.74) is 0.910. The van der Waals surface area contributed by atoms with Gasteiger partial charge in [0.25, 0.3) is 11.1 Å². The molecule has 0 aliphatic carbocycles. The maximum Gasteiger partial charge on any atom is 0.340 e. The minimum Gasteiger partial charge on any atom is -0.508 e. The number of hydrogen-bond donors (Lipinski definition) is 2. The molecule has 0 aromatic heterocycles. The Balaban J connectivity index is 2.07. The van der Waals surface area contributed by atoms with Gasteiger partial charge in [-0.1, -0.05) is 6.07 Å². The molecule has 2 aromatic rings. The molecule has 0 radical (unpaired) electrons. The first-order valence-electron chi connectivity index (χ1n) is 8.34. The average molecular weight is 415 g/mol. The van der Waals surface area contributed by atoms with Crippen molar-refractivity contribution in [3.8, 4) is 17.2 Å². The van der Waals surface area contributed by atoms with E-state index in [1.54, 1.807) is 6.92 Å². The molecule has 3 rings (SSSR count). The van der Waals surface area contributed by atoms with Crippen molar-refractivity contribution in [1.29, 1.82) is 0 Å². The van der Waals surface area contributed by atoms with Crippen molar-refractivity contribution in [3.05, 3.63) is 51.9 Å². The molecular formula is C20H17NO7S. The second kappa shape index (κ2) is 7.88. The molecule has 0 saturated carbocycles. The van der Waals surface area contributed by atoms with Crippen LogP contribution in [0, 0.1) is 6.92 Å². The van der Waals surface area contributed by atoms with Gasteiger partial charge >= 0.3 is 5.97 Å². The van der Waals surface area contributed by atoms with Crippen LogP contribution < -0.4 is 14.4 Å². The highest BCUT2D eigenvalue weighted by Crippen LogP contribution is 2.40. The molecule has 2 N–H and O–H groups in total. The maximum absolute atomic E-state index is 12.9. The lowest BCUT2D eigenvalue weighted by molar-refractivity contribution is -0.113. The standard InChI is InChI=1S/C20H17NO7S/c1-10-8-12(22)5-6-13(10)21-18(23)15(29-20(21)26)9-11-4-7-14(27-2)17(28-3)16(11)19(24)25/h4-9,22H,1-3H3,(H,24,25)/b15-9+. The number of carbonyl (C=O) groups excluding carboxylic acids is 2. The monoisotopic (exact) mass is 415 g/mol. The molecule has 9 heteroatoms. The molecule has 2 amide bonds. The topological polar surface area (TPSA) is 113 Å². The summed E-state index contributed by atoms with van der Waals surface area (Å²) in [4.78, 5) is 38.2. The second-order valence-electron chi connectivity index (χ2n) is 6.06. The van der Waals surface area contributed by atoms with Gasteiger partial charge in [0.15, 0.2) is 11.5 Å². The summed E-state index contributed by atoms with van der Waals surface area (Å²) in [7, 11) is 2.70. The van der Waals surface area contributed by atoms with Gasteiger partial charge in [0.2, 0.25) is 0 Å². The average Bonchev–Trinajstić information content (AvgIpc) is 2.94. The van der Waals surface area contributed by atoms with Crippen LogP contribution in [0.15, 0.2) is 35.2 Å². The Hall–Kier alpha value is -3.46. The van der Waals surface area contributed by atoms with Gasteiger partial charge in [-0.2, -0.15) is 0 Å². The maximum atomic E-state index is 12.9. The van der Waals surface area contributed by atoms with Gasteiger partial charge in [-0.3, -0.25) is 9.59 Å². The van der Waals surface area contributed by atoms with E-state index in [2.05, 4.69) is 0 Å². The van der Waals surface area contributed by atoms with Crippen LogP contribution in [-0.2, 0) is 4.79 Å². The number of rotatable bonds is 5. The van der Waals surface area contributed by atoms with Crippen molar-refractivity contribution in [2.45, 2.75) is 6.92 Å². The van der Waals surface area contributed by atoms with Crippen LogP contribution in [0.1, 0.15) is 21.5 Å². The number of imide groups is 1. The Morgan fingerprint density at radius 2 is 1.86 bits per heavy atom. The summed E-state index contributed by atoms with van der Waals surface area (Å²) in [6.45, 7) is 1.67. The highest BCUT2D eigenvalue weighted by molar-refractivity contribution is 8.19. The summed E-state index contributed by atoms with van der Waals surface area (Å²) >= 11 is 0.699. The first-order chi connectivity index (χ1) is 13.8. The number of nitrogens with zero attached hydrogens (tertiary/aromatic N) is 1. The third kappa shape index (κ3) is 3.64. The minimum absolute atomic E-state index is 0.0161. The van der Waals surface area contributed by atoms with Gasteiger partial charge in [-0.25, -0.2) is 9.69 Å². The minimum atomic E-state index is -1.26. The highest BCUT2D eigenvalue weighted by Gasteiger charge is 2.37. The van der Waals surface area contributed by atoms with E-state index in [-0.39, 0.29) is 33.3 Å². The van der Waals surface area contributed by atoms with Crippen LogP contribution in [0.3, 0.4) is 0 Å². The Bertz CT molecular complexity index is 1060. The molecule has 0 atom stereocenters. The van der Waals surface area contributed by atoms with Gasteiger partial charge in [0.1, 0.15) is 11.3 Å². The van der Waals surface area contributed by atoms with Gasteiger partial charge in [0, 0.05) is 0 Å². The number of aryl methyl sites for hydroxylation is 1. The Morgan fingerprint density at radius 1 is 1.14 bits per heavy atom. The van der Waals surface area contributed by atoms with Crippen LogP contribution in [0.5, 0.6) is 17.2 Å². The number of thioether (sulfide) groups is 1. The normalized spacial score (nSPS) is 15.1. The molecule has 1 saturated heterocycles. The van der Waals surface area contributed by atoms with Gasteiger partial charge in [-0.15, -0.1) is 0 Å². The third-order valence-corrected chi connectivity index (χ3v) is 5.16. The lowest BCUT2D eigenvalue weighted by atomic mass is 10.0. The van der Waals surface area contributed by atoms with Crippen LogP contribution in [0.4, 0.5) is 10.5 Å². The molecule has 0 unspecified atom stereocenters. The van der Waals surface area contributed by atoms with Crippen molar-refractivity contribution in [2.24, 2.45) is 0 Å². The lowest BCUT2D eigenvalue weighted by Gasteiger charge is -2.15. The number of amides is 2. The first kappa shape index (κ1) is 20.3. The lowest BCUT2D eigenvalue weighted by Crippen LogP contribution is -2.28. The molecule has 29 heavy (non-hydrogen) atoms. The van der Waals surface area contributed by atoms with E-state index < -0.39 is 17.1 Å². The van der Waals surface area contributed by atoms with Crippen molar-refractivity contribution in [2.75, 3.05) is 19.1 Å². The molecule has 1 fully saturated rings. The zero-order valence-corrected chi connectivity index (χ0v) is 16.6. The number of aromatic hydroxyl groups is 1. The van der Waals surface area contributed by atoms with E-state index in [1.165, 1.54) is 50.6 Å². The number of carbonyl (C=O) groups is 3. The number of phenols is 1. The highest BCUT2D eigenvalue weighted by atomic mass is 32.2. The number of methoxy groups -OCH3 is 2. The van der Waals surface area contributed by atoms with Gasteiger partial charge < -0.3 is 19.7 Å². The van der Waals surface area contributed by atoms with Crippen molar-refractivity contribution in [3.63, 3.8) is 0 Å². The van der Waals surface area contributed by atoms with Crippen LogP contribution in [0.2, 0.25) is 0 Å². The zero-order chi connectivity index (χ0) is 21.3. The number of hydrogen-bond acceptors (Lipinski definition) is 7. The van der Waals surface area contributed by atoms with E-state index in [0.717, 1.165) is 4.90 Å². The fourth-order valence-corrected chi connectivity index (χ4v) is 3.82. The van der Waals surface area contributed by atoms with Crippen LogP contribution >= 0.6 is 11.8 Å². The predicted molar refractivity (Wildman–Crippen MR) is 108 cm³/mol. The van der Waals surface area contributed by atoms with E-state index in [0.29, 0.717) is 23.0 Å². The van der Waals surface area contributed by atoms with Crippen molar-refractivity contribution >= 4 is 40.6 Å². The number of benzene rings is 2. The number of ether oxygens (including phenoxy) is 2. The molecule has 2 aromatic carbocycles. The molecular weight excluding hydrogens is 398 g/mol. The van der Waals surface area contributed by atoms with Crippen molar-refractivity contribution in [1.82, 2.24) is 0 Å². The molecule has 1 aliphatic rings. The van der Waals surface area contributed by atoms with Gasteiger partial charge in [-0.05, 0) is 60.2 Å². The zero-order valence-electron chi connectivity index (χ0n) is 15.8. The predicted octanol–water partition coefficient (Wildman–Crippen LogP) is 3.66. The van der Waals surface area contributed by atoms with E-state index >= 15 is 0 Å². The number of phenolic OH excluding ortho intramolecular Hbond substituents is 1. The molecule has 0 bridgehead atoms. The first-order valence-corrected chi connectivity index (χ1v) is 9.16. The second-order valence-corrected chi connectivity index (χ2v) is 7.05. The SMILES string of the molecule is COc1ccc(/C=C2/SC(=O)N(c3ccc(O)cc3C)C2=O)c(C(=O)O)c1OC. The summed E-state index contributed by atoms with van der Waals surface area (Å²) in [6, 6.07) is 7.30. The largest absolute Gasteiger partial charge is 0.508 e. The molecule has 8 nitrogen and oxygen atoms in total. The number of anilines is 1.